The van der Waals surface area contributed by atoms with Crippen LogP contribution < -0.4 is 0 Å². The van der Waals surface area contributed by atoms with Crippen LogP contribution in [-0.2, 0) is 6.42 Å². The van der Waals surface area contributed by atoms with Gasteiger partial charge in [0.05, 0.1) is 0 Å². The average Bonchev–Trinajstić information content (AvgIpc) is 3.04. The van der Waals surface area contributed by atoms with Gasteiger partial charge in [-0.05, 0) is 39.8 Å². The highest BCUT2D eigenvalue weighted by atomic mass is 14.2. The summed E-state index contributed by atoms with van der Waals surface area (Å²) in [4.78, 5) is 0. The van der Waals surface area contributed by atoms with E-state index >= 15 is 0 Å². The van der Waals surface area contributed by atoms with Crippen LogP contribution >= 0.6 is 0 Å². The fraction of sp³-hybridized carbons (Fsp3) is 0.0400. The lowest BCUT2D eigenvalue weighted by Crippen LogP contribution is -1.81. The number of fused-ring (bicyclic) bond motifs is 1. The van der Waals surface area contributed by atoms with E-state index in [0.717, 1.165) is 6.42 Å². The van der Waals surface area contributed by atoms with E-state index < -0.39 is 0 Å². The molecule has 0 bridgehead atoms. The second-order valence-corrected chi connectivity index (χ2v) is 6.26. The minimum atomic E-state index is 0.994. The zero-order chi connectivity index (χ0) is 16.9. The molecule has 0 radical (unpaired) electrons. The third-order valence-electron chi connectivity index (χ3n) is 4.55. The van der Waals surface area contributed by atoms with Crippen LogP contribution in [0.4, 0.5) is 0 Å². The van der Waals surface area contributed by atoms with Crippen molar-refractivity contribution in [2.45, 2.75) is 6.42 Å². The minimum absolute atomic E-state index is 0.994. The van der Waals surface area contributed by atoms with E-state index in [2.05, 4.69) is 109 Å². The van der Waals surface area contributed by atoms with Crippen LogP contribution in [0.2, 0.25) is 0 Å². The van der Waals surface area contributed by atoms with E-state index in [1.807, 2.05) is 0 Å². The molecule has 0 nitrogen and oxygen atoms in total. The Kier molecular flexibility index (Phi) is 4.43. The Morgan fingerprint density at radius 1 is 0.520 bits per heavy atom. The van der Waals surface area contributed by atoms with Gasteiger partial charge in [-0.15, -0.1) is 0 Å². The molecule has 120 valence electrons. The molecule has 25 heavy (non-hydrogen) atoms. The predicted molar refractivity (Wildman–Crippen MR) is 108 cm³/mol. The molecule has 0 saturated carbocycles. The molecule has 0 aromatic heterocycles. The summed E-state index contributed by atoms with van der Waals surface area (Å²) in [5.74, 6) is 0. The third-order valence-corrected chi connectivity index (χ3v) is 4.55. The quantitative estimate of drug-likeness (QED) is 0.520. The van der Waals surface area contributed by atoms with Crippen molar-refractivity contribution < 1.29 is 0 Å². The average molecular weight is 320 g/mol. The smallest absolute Gasteiger partial charge is 0.00135 e. The first kappa shape index (κ1) is 15.4. The van der Waals surface area contributed by atoms with Crippen LogP contribution in [0, 0.1) is 0 Å². The topological polar surface area (TPSA) is 0 Å². The van der Waals surface area contributed by atoms with E-state index in [4.69, 9.17) is 0 Å². The van der Waals surface area contributed by atoms with Crippen molar-refractivity contribution in [1.29, 1.82) is 0 Å². The molecule has 0 unspecified atom stereocenters. The highest BCUT2D eigenvalue weighted by molar-refractivity contribution is 5.88. The second-order valence-electron chi connectivity index (χ2n) is 6.26. The number of benzene rings is 3. The van der Waals surface area contributed by atoms with Crippen molar-refractivity contribution in [3.05, 3.63) is 125 Å². The molecule has 4 rings (SSSR count). The molecule has 0 spiro atoms. The lowest BCUT2D eigenvalue weighted by Gasteiger charge is -2.01. The van der Waals surface area contributed by atoms with Gasteiger partial charge in [0.25, 0.3) is 0 Å². The molecule has 3 aromatic rings. The van der Waals surface area contributed by atoms with E-state index in [1.165, 1.54) is 33.4 Å². The Morgan fingerprint density at radius 2 is 1.08 bits per heavy atom. The number of hydrogen-bond acceptors (Lipinski definition) is 0. The number of hydrogen-bond donors (Lipinski definition) is 0. The second kappa shape index (κ2) is 7.19. The normalized spacial score (nSPS) is 13.8. The first-order valence-corrected chi connectivity index (χ1v) is 8.68. The first-order valence-electron chi connectivity index (χ1n) is 8.68. The van der Waals surface area contributed by atoms with Gasteiger partial charge in [0.1, 0.15) is 0 Å². The summed E-state index contributed by atoms with van der Waals surface area (Å²) in [6.45, 7) is 0. The monoisotopic (exact) mass is 320 g/mol. The summed E-state index contributed by atoms with van der Waals surface area (Å²) < 4.78 is 0. The highest BCUT2D eigenvalue weighted by Gasteiger charge is 2.17. The van der Waals surface area contributed by atoms with Crippen LogP contribution in [0.1, 0.15) is 22.3 Å². The van der Waals surface area contributed by atoms with Crippen molar-refractivity contribution >= 4 is 17.7 Å². The summed E-state index contributed by atoms with van der Waals surface area (Å²) in [5.41, 5.74) is 7.91. The van der Waals surface area contributed by atoms with Gasteiger partial charge in [-0.3, -0.25) is 0 Å². The van der Waals surface area contributed by atoms with Gasteiger partial charge in [-0.2, -0.15) is 0 Å². The molecule has 0 N–H and O–H groups in total. The van der Waals surface area contributed by atoms with Crippen molar-refractivity contribution in [2.75, 3.05) is 0 Å². The Labute approximate surface area is 149 Å². The molecule has 0 amide bonds. The highest BCUT2D eigenvalue weighted by Crippen LogP contribution is 2.35. The van der Waals surface area contributed by atoms with Gasteiger partial charge in [-0.25, -0.2) is 0 Å². The van der Waals surface area contributed by atoms with Crippen LogP contribution in [0.15, 0.2) is 103 Å². The van der Waals surface area contributed by atoms with Gasteiger partial charge in [-0.1, -0.05) is 109 Å². The van der Waals surface area contributed by atoms with E-state index in [1.54, 1.807) is 0 Å². The Bertz CT molecular complexity index is 942. The van der Waals surface area contributed by atoms with Gasteiger partial charge >= 0.3 is 0 Å². The zero-order valence-electron chi connectivity index (χ0n) is 14.1. The summed E-state index contributed by atoms with van der Waals surface area (Å²) in [6.07, 6.45) is 9.92. The SMILES string of the molecule is C(=C\c1ccccc1)/C1=C(/C=C/c2ccccc2)c2ccccc2C1. The molecule has 3 aromatic carbocycles. The molecule has 0 heteroatoms. The third kappa shape index (κ3) is 3.54. The summed E-state index contributed by atoms with van der Waals surface area (Å²) in [5, 5.41) is 0. The molecule has 0 atom stereocenters. The van der Waals surface area contributed by atoms with Crippen molar-refractivity contribution in [1.82, 2.24) is 0 Å². The number of allylic oxidation sites excluding steroid dienone is 4. The summed E-state index contributed by atoms with van der Waals surface area (Å²) in [7, 11) is 0. The summed E-state index contributed by atoms with van der Waals surface area (Å²) >= 11 is 0. The fourth-order valence-electron chi connectivity index (χ4n) is 3.26. The Morgan fingerprint density at radius 3 is 1.76 bits per heavy atom. The predicted octanol–water partition coefficient (Wildman–Crippen LogP) is 6.42. The number of rotatable bonds is 4. The molecule has 1 aliphatic rings. The molecule has 0 heterocycles. The molecule has 0 fully saturated rings. The maximum atomic E-state index is 2.26. The van der Waals surface area contributed by atoms with Crippen LogP contribution in [0.5, 0.6) is 0 Å². The first-order chi connectivity index (χ1) is 12.4. The Balaban J connectivity index is 1.70. The van der Waals surface area contributed by atoms with E-state index in [0.29, 0.717) is 0 Å². The van der Waals surface area contributed by atoms with Gasteiger partial charge in [0, 0.05) is 0 Å². The van der Waals surface area contributed by atoms with Crippen LogP contribution in [0.3, 0.4) is 0 Å². The lowest BCUT2D eigenvalue weighted by molar-refractivity contribution is 1.25. The van der Waals surface area contributed by atoms with Gasteiger partial charge < -0.3 is 0 Å². The van der Waals surface area contributed by atoms with Crippen LogP contribution in [0.25, 0.3) is 17.7 Å². The molecule has 1 aliphatic carbocycles. The molecular formula is C25H20. The van der Waals surface area contributed by atoms with E-state index in [-0.39, 0.29) is 0 Å². The largest absolute Gasteiger partial charge is 0.0622 e. The minimum Gasteiger partial charge on any atom is -0.0622 e. The Hall–Kier alpha value is -3.12. The van der Waals surface area contributed by atoms with Crippen molar-refractivity contribution in [2.24, 2.45) is 0 Å². The van der Waals surface area contributed by atoms with Crippen LogP contribution in [-0.4, -0.2) is 0 Å². The maximum absolute atomic E-state index is 2.26. The fourth-order valence-corrected chi connectivity index (χ4v) is 3.26. The lowest BCUT2D eigenvalue weighted by atomic mass is 10.0. The van der Waals surface area contributed by atoms with Gasteiger partial charge in [0.15, 0.2) is 0 Å². The molecule has 0 aliphatic heterocycles. The standard InChI is InChI=1S/C25H20/c1-3-9-20(10-4-1)15-17-23-19-22-13-7-8-14-24(22)25(23)18-16-21-11-5-2-6-12-21/h1-18H,19H2/b17-15+,18-16+. The van der Waals surface area contributed by atoms with Crippen molar-refractivity contribution in [3.8, 4) is 0 Å². The molecular weight excluding hydrogens is 300 g/mol. The zero-order valence-corrected chi connectivity index (χ0v) is 14.1. The summed E-state index contributed by atoms with van der Waals surface area (Å²) in [6, 6.07) is 29.7. The van der Waals surface area contributed by atoms with E-state index in [9.17, 15) is 0 Å². The van der Waals surface area contributed by atoms with Gasteiger partial charge in [0.2, 0.25) is 0 Å². The van der Waals surface area contributed by atoms with Crippen molar-refractivity contribution in [3.63, 3.8) is 0 Å². The maximum Gasteiger partial charge on any atom is -0.00135 e. The molecule has 0 saturated heterocycles.